The molecule has 0 spiro atoms. The van der Waals surface area contributed by atoms with Gasteiger partial charge in [0.15, 0.2) is 0 Å². The number of ether oxygens (including phenoxy) is 1. The Bertz CT molecular complexity index is 1160. The van der Waals surface area contributed by atoms with Crippen LogP contribution in [0.4, 0.5) is 5.69 Å². The minimum absolute atomic E-state index is 0.00755. The predicted octanol–water partition coefficient (Wildman–Crippen LogP) is 2.79. The zero-order valence-corrected chi connectivity index (χ0v) is 17.9. The Kier molecular flexibility index (Phi) is 5.11. The number of carbonyl (C=O) groups is 2. The number of hydrogen-bond donors (Lipinski definition) is 3. The van der Waals surface area contributed by atoms with E-state index in [1.165, 1.54) is 6.20 Å². The van der Waals surface area contributed by atoms with E-state index in [-0.39, 0.29) is 28.4 Å². The third kappa shape index (κ3) is 2.80. The van der Waals surface area contributed by atoms with Gasteiger partial charge in [0.25, 0.3) is 11.7 Å². The highest BCUT2D eigenvalue weighted by Crippen LogP contribution is 2.59. The first kappa shape index (κ1) is 21.1. The summed E-state index contributed by atoms with van der Waals surface area (Å²) in [6.07, 6.45) is 3.81. The first-order valence-corrected chi connectivity index (χ1v) is 10.4. The molecule has 1 aliphatic carbocycles. The van der Waals surface area contributed by atoms with Gasteiger partial charge in [0.1, 0.15) is 11.5 Å². The number of Topliss-reactive ketones (excluding diaryl/α,β-unsaturated/α-hetero) is 1. The number of nitrogens with one attached hydrogen (secondary N) is 1. The van der Waals surface area contributed by atoms with Gasteiger partial charge in [-0.3, -0.25) is 14.6 Å². The predicted molar refractivity (Wildman–Crippen MR) is 118 cm³/mol. The molecular weight excluding hydrogens is 418 g/mol. The molecule has 1 heterocycles. The molecule has 0 fully saturated rings. The first-order chi connectivity index (χ1) is 14.8. The molecule has 2 aromatic rings. The van der Waals surface area contributed by atoms with E-state index in [2.05, 4.69) is 10.3 Å². The molecule has 160 valence electrons. The summed E-state index contributed by atoms with van der Waals surface area (Å²) in [5.41, 5.74) is 5.96. The molecule has 2 aliphatic rings. The number of hydrogen-bond acceptors (Lipinski definition) is 6. The molecule has 7 nitrogen and oxygen atoms in total. The lowest BCUT2D eigenvalue weighted by atomic mass is 9.82. The third-order valence-corrected chi connectivity index (χ3v) is 5.98. The number of halogens is 1. The second kappa shape index (κ2) is 7.51. The van der Waals surface area contributed by atoms with Gasteiger partial charge in [-0.15, -0.1) is 11.6 Å². The van der Waals surface area contributed by atoms with Crippen LogP contribution in [0.5, 0.6) is 5.75 Å². The van der Waals surface area contributed by atoms with E-state index in [1.54, 1.807) is 43.3 Å². The minimum atomic E-state index is -2.17. The highest BCUT2D eigenvalue weighted by molar-refractivity contribution is 6.49. The van der Waals surface area contributed by atoms with E-state index < -0.39 is 23.0 Å². The summed E-state index contributed by atoms with van der Waals surface area (Å²) in [5.74, 6) is -3.28. The van der Waals surface area contributed by atoms with Crippen LogP contribution >= 0.6 is 11.6 Å². The summed E-state index contributed by atoms with van der Waals surface area (Å²) in [6, 6.07) is 10.0. The molecule has 31 heavy (non-hydrogen) atoms. The molecular formula is C23H22ClN3O4. The van der Waals surface area contributed by atoms with Crippen LogP contribution in [0.25, 0.3) is 0 Å². The number of nitrogens with two attached hydrogens (primary N) is 1. The normalized spacial score (nSPS) is 24.0. The van der Waals surface area contributed by atoms with Crippen LogP contribution in [-0.2, 0) is 22.5 Å². The van der Waals surface area contributed by atoms with Crippen molar-refractivity contribution < 1.29 is 19.4 Å². The number of allylic oxidation sites excluding steroid dienone is 1. The van der Waals surface area contributed by atoms with Crippen molar-refractivity contribution in [2.45, 2.75) is 31.6 Å². The number of rotatable bonds is 5. The Labute approximate surface area is 184 Å². The van der Waals surface area contributed by atoms with Crippen molar-refractivity contribution in [3.63, 3.8) is 0 Å². The number of amides is 1. The largest absolute Gasteiger partial charge is 0.454 e. The van der Waals surface area contributed by atoms with E-state index in [0.717, 1.165) is 12.0 Å². The molecule has 0 aromatic heterocycles. The Morgan fingerprint density at radius 3 is 2.77 bits per heavy atom. The molecule has 2 unspecified atom stereocenters. The maximum absolute atomic E-state index is 13.8. The average molecular weight is 440 g/mol. The molecule has 1 amide bonds. The molecule has 0 radical (unpaired) electrons. The summed E-state index contributed by atoms with van der Waals surface area (Å²) in [4.78, 5) is 30.9. The van der Waals surface area contributed by atoms with E-state index >= 15 is 0 Å². The number of anilines is 1. The number of nitrogen functional groups attached to an aromatic ring is 1. The number of nitrogens with zero attached hydrogens (tertiary/aromatic N) is 1. The van der Waals surface area contributed by atoms with Crippen molar-refractivity contribution in [1.29, 1.82) is 0 Å². The molecule has 4 rings (SSSR count). The number of aliphatic imine (C=N–C) groups is 1. The lowest BCUT2D eigenvalue weighted by Crippen LogP contribution is -2.61. The summed E-state index contributed by atoms with van der Waals surface area (Å²) in [6.45, 7) is 3.73. The summed E-state index contributed by atoms with van der Waals surface area (Å²) >= 11 is 5.93. The number of aryl methyl sites for hydroxylation is 1. The van der Waals surface area contributed by atoms with Crippen LogP contribution in [-0.4, -0.2) is 28.4 Å². The molecule has 2 aromatic carbocycles. The van der Waals surface area contributed by atoms with Crippen molar-refractivity contribution in [3.8, 4) is 5.75 Å². The van der Waals surface area contributed by atoms with E-state index in [9.17, 15) is 14.7 Å². The maximum atomic E-state index is 13.8. The molecule has 0 saturated carbocycles. The fourth-order valence-electron chi connectivity index (χ4n) is 4.20. The van der Waals surface area contributed by atoms with Gasteiger partial charge in [-0.05, 0) is 31.0 Å². The second-order valence-electron chi connectivity index (χ2n) is 7.43. The topological polar surface area (TPSA) is 114 Å². The Morgan fingerprint density at radius 1 is 1.32 bits per heavy atom. The average Bonchev–Trinajstić information content (AvgIpc) is 3.11. The molecule has 8 heteroatoms. The van der Waals surface area contributed by atoms with Crippen molar-refractivity contribution in [2.75, 3.05) is 11.6 Å². The first-order valence-electron chi connectivity index (χ1n) is 9.88. The number of fused-ring (bicyclic) bond motifs is 5. The summed E-state index contributed by atoms with van der Waals surface area (Å²) < 4.78 is 5.99. The summed E-state index contributed by atoms with van der Waals surface area (Å²) in [5, 5.41) is 14.5. The molecule has 1 aliphatic heterocycles. The van der Waals surface area contributed by atoms with Gasteiger partial charge in [-0.1, -0.05) is 37.3 Å². The fourth-order valence-corrected chi connectivity index (χ4v) is 4.39. The van der Waals surface area contributed by atoms with Gasteiger partial charge in [0.05, 0.1) is 11.4 Å². The highest BCUT2D eigenvalue weighted by Gasteiger charge is 2.72. The SMILES string of the molecule is C/C=C\N=C(/CCl)C(=O)NC12C(=O)c3c(N)cccc3C1(O)Oc1cc(CC)ccc12. The van der Waals surface area contributed by atoms with Crippen LogP contribution in [0, 0.1) is 0 Å². The van der Waals surface area contributed by atoms with Crippen molar-refractivity contribution in [1.82, 2.24) is 5.32 Å². The Morgan fingerprint density at radius 2 is 2.10 bits per heavy atom. The van der Waals surface area contributed by atoms with Crippen molar-refractivity contribution >= 4 is 34.7 Å². The maximum Gasteiger partial charge on any atom is 0.271 e. The quantitative estimate of drug-likeness (QED) is 0.376. The minimum Gasteiger partial charge on any atom is -0.454 e. The van der Waals surface area contributed by atoms with Crippen LogP contribution < -0.4 is 15.8 Å². The third-order valence-electron chi connectivity index (χ3n) is 5.72. The number of aliphatic hydroxyl groups is 1. The van der Waals surface area contributed by atoms with Crippen LogP contribution in [0.2, 0.25) is 0 Å². The zero-order valence-electron chi connectivity index (χ0n) is 17.1. The monoisotopic (exact) mass is 439 g/mol. The van der Waals surface area contributed by atoms with Gasteiger partial charge in [0.2, 0.25) is 11.3 Å². The second-order valence-corrected chi connectivity index (χ2v) is 7.69. The standard InChI is InChI=1S/C23H22ClN3O4/c1-3-10-26-17(12-24)21(29)27-22-14-9-8-13(4-2)11-18(14)31-23(22,30)15-6-5-7-16(25)19(15)20(22)28/h3,5-11,30H,4,12,25H2,1-2H3,(H,27,29)/b10-3-,26-17+. The molecule has 2 atom stereocenters. The molecule has 4 N–H and O–H groups in total. The van der Waals surface area contributed by atoms with E-state index in [1.807, 2.05) is 13.0 Å². The Hall–Kier alpha value is -3.16. The van der Waals surface area contributed by atoms with Crippen molar-refractivity contribution in [2.24, 2.45) is 4.99 Å². The van der Waals surface area contributed by atoms with Gasteiger partial charge in [-0.25, -0.2) is 0 Å². The number of alkyl halides is 1. The smallest absolute Gasteiger partial charge is 0.271 e. The lowest BCUT2D eigenvalue weighted by molar-refractivity contribution is -0.174. The van der Waals surface area contributed by atoms with Gasteiger partial charge in [0, 0.05) is 23.0 Å². The highest BCUT2D eigenvalue weighted by atomic mass is 35.5. The van der Waals surface area contributed by atoms with Gasteiger partial charge >= 0.3 is 0 Å². The number of ketones is 1. The van der Waals surface area contributed by atoms with Crippen LogP contribution in [0.1, 0.15) is 40.9 Å². The van der Waals surface area contributed by atoms with Crippen molar-refractivity contribution in [3.05, 3.63) is 70.9 Å². The van der Waals surface area contributed by atoms with Crippen LogP contribution in [0.3, 0.4) is 0 Å². The van der Waals surface area contributed by atoms with E-state index in [0.29, 0.717) is 11.3 Å². The lowest BCUT2D eigenvalue weighted by Gasteiger charge is -2.34. The van der Waals surface area contributed by atoms with E-state index in [4.69, 9.17) is 22.1 Å². The number of benzene rings is 2. The summed E-state index contributed by atoms with van der Waals surface area (Å²) in [7, 11) is 0. The number of carbonyl (C=O) groups excluding carboxylic acids is 2. The Balaban J connectivity index is 1.94. The fraction of sp³-hybridized carbons (Fsp3) is 0.261. The van der Waals surface area contributed by atoms with Gasteiger partial charge in [-0.2, -0.15) is 0 Å². The molecule has 0 bridgehead atoms. The van der Waals surface area contributed by atoms with Gasteiger partial charge < -0.3 is 20.9 Å². The zero-order chi connectivity index (χ0) is 22.4. The van der Waals surface area contributed by atoms with Crippen LogP contribution in [0.15, 0.2) is 53.7 Å². The molecule has 0 saturated heterocycles.